The van der Waals surface area contributed by atoms with Crippen molar-refractivity contribution in [1.82, 2.24) is 9.38 Å². The third kappa shape index (κ3) is 2.05. The predicted molar refractivity (Wildman–Crippen MR) is 76.6 cm³/mol. The van der Waals surface area contributed by atoms with Gasteiger partial charge in [-0.3, -0.25) is 9.20 Å². The molecule has 0 saturated carbocycles. The van der Waals surface area contributed by atoms with Crippen molar-refractivity contribution < 1.29 is 9.53 Å². The number of nitrogens with zero attached hydrogens (tertiary/aromatic N) is 2. The fourth-order valence-corrected chi connectivity index (χ4v) is 2.19. The van der Waals surface area contributed by atoms with Crippen LogP contribution in [0.5, 0.6) is 11.6 Å². The minimum Gasteiger partial charge on any atom is -0.437 e. The number of rotatable bonds is 3. The summed E-state index contributed by atoms with van der Waals surface area (Å²) in [5, 5.41) is 0. The van der Waals surface area contributed by atoms with Gasteiger partial charge in [-0.15, -0.1) is 0 Å². The molecule has 0 aliphatic carbocycles. The van der Waals surface area contributed by atoms with E-state index in [0.717, 1.165) is 11.8 Å². The quantitative estimate of drug-likeness (QED) is 0.681. The van der Waals surface area contributed by atoms with Crippen molar-refractivity contribution in [1.29, 1.82) is 0 Å². The molecule has 0 N–H and O–H groups in total. The van der Waals surface area contributed by atoms with Gasteiger partial charge in [0.25, 0.3) is 0 Å². The van der Waals surface area contributed by atoms with Gasteiger partial charge < -0.3 is 4.74 Å². The number of fused-ring (bicyclic) bond motifs is 1. The minimum absolute atomic E-state index is 0.332. The molecule has 0 radical (unpaired) electrons. The van der Waals surface area contributed by atoms with E-state index in [1.165, 1.54) is 5.56 Å². The minimum atomic E-state index is 0.332. The maximum Gasteiger partial charge on any atom is 0.249 e. The molecule has 2 heterocycles. The zero-order valence-corrected chi connectivity index (χ0v) is 11.3. The molecule has 4 nitrogen and oxygen atoms in total. The summed E-state index contributed by atoms with van der Waals surface area (Å²) < 4.78 is 7.52. The summed E-state index contributed by atoms with van der Waals surface area (Å²) >= 11 is 0. The number of aldehydes is 1. The highest BCUT2D eigenvalue weighted by Gasteiger charge is 2.14. The van der Waals surface area contributed by atoms with Crippen LogP contribution in [0.2, 0.25) is 0 Å². The van der Waals surface area contributed by atoms with E-state index in [4.69, 9.17) is 4.74 Å². The number of hydrogen-bond donors (Lipinski definition) is 0. The lowest BCUT2D eigenvalue weighted by molar-refractivity contribution is 0.111. The Kier molecular flexibility index (Phi) is 2.99. The van der Waals surface area contributed by atoms with Gasteiger partial charge in [-0.05, 0) is 37.6 Å². The van der Waals surface area contributed by atoms with Gasteiger partial charge >= 0.3 is 0 Å². The number of aromatic nitrogens is 2. The molecule has 0 fully saturated rings. The van der Waals surface area contributed by atoms with Crippen LogP contribution in [0.15, 0.2) is 42.6 Å². The Morgan fingerprint density at radius 3 is 2.80 bits per heavy atom. The van der Waals surface area contributed by atoms with Crippen molar-refractivity contribution in [2.24, 2.45) is 0 Å². The average molecular weight is 266 g/mol. The van der Waals surface area contributed by atoms with Crippen LogP contribution in [0.3, 0.4) is 0 Å². The van der Waals surface area contributed by atoms with Gasteiger partial charge in [-0.25, -0.2) is 0 Å². The van der Waals surface area contributed by atoms with E-state index in [1.807, 2.05) is 50.2 Å². The summed E-state index contributed by atoms with van der Waals surface area (Å²) in [6.45, 7) is 4.00. The lowest BCUT2D eigenvalue weighted by Gasteiger charge is -2.07. The number of imidazole rings is 1. The second-order valence-corrected chi connectivity index (χ2v) is 4.72. The molecular weight excluding hydrogens is 252 g/mol. The van der Waals surface area contributed by atoms with Crippen LogP contribution in [-0.4, -0.2) is 15.7 Å². The van der Waals surface area contributed by atoms with E-state index in [-0.39, 0.29) is 0 Å². The zero-order chi connectivity index (χ0) is 14.1. The Morgan fingerprint density at radius 2 is 2.05 bits per heavy atom. The van der Waals surface area contributed by atoms with Crippen LogP contribution in [0, 0.1) is 13.8 Å². The summed E-state index contributed by atoms with van der Waals surface area (Å²) in [7, 11) is 0. The van der Waals surface area contributed by atoms with Crippen LogP contribution in [0.4, 0.5) is 0 Å². The molecule has 0 saturated heterocycles. The third-order valence-corrected chi connectivity index (χ3v) is 3.18. The molecule has 2 aromatic heterocycles. The topological polar surface area (TPSA) is 43.6 Å². The van der Waals surface area contributed by atoms with Crippen molar-refractivity contribution in [2.75, 3.05) is 0 Å². The molecule has 0 aliphatic heterocycles. The molecule has 0 amide bonds. The van der Waals surface area contributed by atoms with E-state index >= 15 is 0 Å². The highest BCUT2D eigenvalue weighted by molar-refractivity contribution is 5.78. The van der Waals surface area contributed by atoms with Gasteiger partial charge in [-0.2, -0.15) is 4.98 Å². The molecular formula is C16H14N2O2. The second kappa shape index (κ2) is 4.81. The van der Waals surface area contributed by atoms with Crippen molar-refractivity contribution in [3.8, 4) is 11.6 Å². The number of carbonyl (C=O) groups is 1. The average Bonchev–Trinajstić information content (AvgIpc) is 2.79. The largest absolute Gasteiger partial charge is 0.437 e. The van der Waals surface area contributed by atoms with E-state index in [0.29, 0.717) is 23.0 Å². The predicted octanol–water partition coefficient (Wildman–Crippen LogP) is 3.56. The van der Waals surface area contributed by atoms with Gasteiger partial charge in [0.15, 0.2) is 12.0 Å². The first kappa shape index (κ1) is 12.4. The third-order valence-electron chi connectivity index (χ3n) is 3.18. The van der Waals surface area contributed by atoms with Crippen molar-refractivity contribution in [3.63, 3.8) is 0 Å². The zero-order valence-electron chi connectivity index (χ0n) is 11.3. The first-order chi connectivity index (χ1) is 9.69. The molecule has 0 spiro atoms. The van der Waals surface area contributed by atoms with Crippen LogP contribution in [-0.2, 0) is 0 Å². The summed E-state index contributed by atoms with van der Waals surface area (Å²) in [5.74, 6) is 1.04. The SMILES string of the molecule is Cc1ccc(Oc2nc3ccccn3c2C=O)c(C)c1. The molecule has 1 aromatic carbocycles. The Bertz CT molecular complexity index is 790. The van der Waals surface area contributed by atoms with Crippen molar-refractivity contribution in [3.05, 3.63) is 59.4 Å². The van der Waals surface area contributed by atoms with Crippen molar-refractivity contribution >= 4 is 11.9 Å². The highest BCUT2D eigenvalue weighted by atomic mass is 16.5. The first-order valence-electron chi connectivity index (χ1n) is 6.36. The summed E-state index contributed by atoms with van der Waals surface area (Å²) in [6, 6.07) is 11.5. The number of hydrogen-bond acceptors (Lipinski definition) is 3. The fourth-order valence-electron chi connectivity index (χ4n) is 2.19. The van der Waals surface area contributed by atoms with E-state index < -0.39 is 0 Å². The van der Waals surface area contributed by atoms with Crippen LogP contribution >= 0.6 is 0 Å². The molecule has 100 valence electrons. The van der Waals surface area contributed by atoms with Crippen LogP contribution in [0.1, 0.15) is 21.6 Å². The summed E-state index contributed by atoms with van der Waals surface area (Å²) in [5.41, 5.74) is 3.29. The molecule has 20 heavy (non-hydrogen) atoms. The molecule has 3 rings (SSSR count). The summed E-state index contributed by atoms with van der Waals surface area (Å²) in [4.78, 5) is 15.6. The normalized spacial score (nSPS) is 10.7. The maximum absolute atomic E-state index is 11.3. The monoisotopic (exact) mass is 266 g/mol. The van der Waals surface area contributed by atoms with Gasteiger partial charge in [0.1, 0.15) is 11.4 Å². The lowest BCUT2D eigenvalue weighted by Crippen LogP contribution is -1.94. The lowest BCUT2D eigenvalue weighted by atomic mass is 10.1. The first-order valence-corrected chi connectivity index (χ1v) is 6.36. The molecule has 0 aliphatic rings. The molecule has 3 aromatic rings. The molecule has 0 bridgehead atoms. The van der Waals surface area contributed by atoms with E-state index in [9.17, 15) is 4.79 Å². The van der Waals surface area contributed by atoms with E-state index in [2.05, 4.69) is 4.98 Å². The van der Waals surface area contributed by atoms with Gasteiger partial charge in [0.2, 0.25) is 5.88 Å². The Hall–Kier alpha value is -2.62. The molecule has 4 heteroatoms. The number of ether oxygens (including phenoxy) is 1. The standard InChI is InChI=1S/C16H14N2O2/c1-11-6-7-14(12(2)9-11)20-16-13(10-19)18-8-4-3-5-15(18)17-16/h3-10H,1-2H3. The number of aryl methyl sites for hydroxylation is 2. The van der Waals surface area contributed by atoms with Crippen LogP contribution in [0.25, 0.3) is 5.65 Å². The van der Waals surface area contributed by atoms with Gasteiger partial charge in [0.05, 0.1) is 0 Å². The Labute approximate surface area is 116 Å². The highest BCUT2D eigenvalue weighted by Crippen LogP contribution is 2.27. The molecule has 0 atom stereocenters. The number of carbonyl (C=O) groups excluding carboxylic acids is 1. The van der Waals surface area contributed by atoms with Gasteiger partial charge in [0, 0.05) is 6.20 Å². The molecule has 0 unspecified atom stereocenters. The maximum atomic E-state index is 11.3. The smallest absolute Gasteiger partial charge is 0.249 e. The fraction of sp³-hybridized carbons (Fsp3) is 0.125. The Morgan fingerprint density at radius 1 is 1.20 bits per heavy atom. The van der Waals surface area contributed by atoms with Crippen LogP contribution < -0.4 is 4.74 Å². The number of pyridine rings is 1. The van der Waals surface area contributed by atoms with E-state index in [1.54, 1.807) is 10.6 Å². The summed E-state index contributed by atoms with van der Waals surface area (Å²) in [6.07, 6.45) is 2.56. The van der Waals surface area contributed by atoms with Gasteiger partial charge in [-0.1, -0.05) is 23.8 Å². The Balaban J connectivity index is 2.08. The van der Waals surface area contributed by atoms with Crippen molar-refractivity contribution in [2.45, 2.75) is 13.8 Å². The number of benzene rings is 1. The second-order valence-electron chi connectivity index (χ2n) is 4.72.